The number of benzene rings is 2. The van der Waals surface area contributed by atoms with Gasteiger partial charge in [0.1, 0.15) is 0 Å². The number of rotatable bonds is 5. The molecule has 112 valence electrons. The van der Waals surface area contributed by atoms with Crippen LogP contribution in [0.5, 0.6) is 5.75 Å². The smallest absolute Gasteiger partial charge is 0.167 e. The van der Waals surface area contributed by atoms with E-state index in [1.807, 2.05) is 32.0 Å². The maximum Gasteiger partial charge on any atom is 0.167 e. The Balaban J connectivity index is 2.30. The van der Waals surface area contributed by atoms with E-state index in [2.05, 4.69) is 5.32 Å². The standard InChI is InChI=1S/C16H18ClFN2O/c1-3-6-21-16-9-15(13(19)8-12(16)18)20-14-5-4-10(2)7-11(14)17/h4-5,7-9,20H,3,6,19H2,1-2H3. The van der Waals surface area contributed by atoms with Crippen molar-refractivity contribution in [3.05, 3.63) is 46.7 Å². The first-order valence-corrected chi connectivity index (χ1v) is 7.14. The zero-order valence-electron chi connectivity index (χ0n) is 12.0. The summed E-state index contributed by atoms with van der Waals surface area (Å²) < 4.78 is 19.1. The molecule has 2 aromatic rings. The molecular formula is C16H18ClFN2O. The van der Waals surface area contributed by atoms with E-state index in [1.165, 1.54) is 6.07 Å². The molecule has 0 spiro atoms. The van der Waals surface area contributed by atoms with Gasteiger partial charge in [-0.15, -0.1) is 0 Å². The SMILES string of the molecule is CCCOc1cc(Nc2ccc(C)cc2Cl)c(N)cc1F. The van der Waals surface area contributed by atoms with Gasteiger partial charge in [0.25, 0.3) is 0 Å². The van der Waals surface area contributed by atoms with Crippen molar-refractivity contribution >= 4 is 28.7 Å². The van der Waals surface area contributed by atoms with Gasteiger partial charge in [-0.3, -0.25) is 0 Å². The van der Waals surface area contributed by atoms with Crippen molar-refractivity contribution in [1.82, 2.24) is 0 Å². The lowest BCUT2D eigenvalue weighted by Crippen LogP contribution is -2.02. The largest absolute Gasteiger partial charge is 0.490 e. The monoisotopic (exact) mass is 308 g/mol. The molecule has 0 heterocycles. The molecule has 0 fully saturated rings. The highest BCUT2D eigenvalue weighted by molar-refractivity contribution is 6.33. The van der Waals surface area contributed by atoms with Crippen LogP contribution in [0.1, 0.15) is 18.9 Å². The minimum atomic E-state index is -0.471. The number of halogens is 2. The fourth-order valence-electron chi connectivity index (χ4n) is 1.87. The predicted octanol–water partition coefficient (Wildman–Crippen LogP) is 4.90. The minimum absolute atomic E-state index is 0.178. The fourth-order valence-corrected chi connectivity index (χ4v) is 2.15. The summed E-state index contributed by atoms with van der Waals surface area (Å²) in [6, 6.07) is 8.43. The molecule has 2 aromatic carbocycles. The molecule has 5 heteroatoms. The maximum absolute atomic E-state index is 13.8. The molecule has 0 atom stereocenters. The van der Waals surface area contributed by atoms with Gasteiger partial charge < -0.3 is 15.8 Å². The number of anilines is 3. The Morgan fingerprint density at radius 3 is 2.67 bits per heavy atom. The maximum atomic E-state index is 13.8. The number of hydrogen-bond donors (Lipinski definition) is 2. The molecule has 3 N–H and O–H groups in total. The van der Waals surface area contributed by atoms with E-state index in [1.54, 1.807) is 6.07 Å². The summed E-state index contributed by atoms with van der Waals surface area (Å²) in [4.78, 5) is 0. The van der Waals surface area contributed by atoms with E-state index in [9.17, 15) is 4.39 Å². The van der Waals surface area contributed by atoms with Crippen LogP contribution in [0.2, 0.25) is 5.02 Å². The van der Waals surface area contributed by atoms with Crippen molar-refractivity contribution in [3.8, 4) is 5.75 Å². The second-order valence-electron chi connectivity index (χ2n) is 4.83. The van der Waals surface area contributed by atoms with Crippen LogP contribution in [-0.4, -0.2) is 6.61 Å². The van der Waals surface area contributed by atoms with E-state index >= 15 is 0 Å². The average Bonchev–Trinajstić information content (AvgIpc) is 2.43. The van der Waals surface area contributed by atoms with Crippen LogP contribution in [-0.2, 0) is 0 Å². The highest BCUT2D eigenvalue weighted by Crippen LogP contribution is 2.33. The molecule has 0 radical (unpaired) electrons. The molecule has 0 saturated heterocycles. The van der Waals surface area contributed by atoms with Gasteiger partial charge in [0.15, 0.2) is 11.6 Å². The van der Waals surface area contributed by atoms with Gasteiger partial charge in [0.2, 0.25) is 0 Å². The van der Waals surface area contributed by atoms with Gasteiger partial charge in [-0.25, -0.2) is 4.39 Å². The van der Waals surface area contributed by atoms with Crippen LogP contribution >= 0.6 is 11.6 Å². The third-order valence-corrected chi connectivity index (χ3v) is 3.27. The molecule has 0 aliphatic heterocycles. The lowest BCUT2D eigenvalue weighted by atomic mass is 10.2. The molecule has 3 nitrogen and oxygen atoms in total. The quantitative estimate of drug-likeness (QED) is 0.772. The summed E-state index contributed by atoms with van der Waals surface area (Å²) in [6.07, 6.45) is 0.802. The number of aryl methyl sites for hydroxylation is 1. The Kier molecular flexibility index (Phi) is 4.91. The molecule has 0 aliphatic rings. The summed E-state index contributed by atoms with van der Waals surface area (Å²) in [5.41, 5.74) is 8.48. The first-order valence-electron chi connectivity index (χ1n) is 6.76. The van der Waals surface area contributed by atoms with Crippen molar-refractivity contribution < 1.29 is 9.13 Å². The number of hydrogen-bond acceptors (Lipinski definition) is 3. The van der Waals surface area contributed by atoms with Crippen LogP contribution in [0.4, 0.5) is 21.5 Å². The number of nitrogen functional groups attached to an aromatic ring is 1. The highest BCUT2D eigenvalue weighted by Gasteiger charge is 2.10. The highest BCUT2D eigenvalue weighted by atomic mass is 35.5. The molecule has 0 saturated carbocycles. The third-order valence-electron chi connectivity index (χ3n) is 2.96. The number of nitrogens with two attached hydrogens (primary N) is 1. The normalized spacial score (nSPS) is 10.5. The fraction of sp³-hybridized carbons (Fsp3) is 0.250. The molecular weight excluding hydrogens is 291 g/mol. The summed E-state index contributed by atoms with van der Waals surface area (Å²) >= 11 is 6.18. The molecule has 0 bridgehead atoms. The van der Waals surface area contributed by atoms with Crippen LogP contribution in [0, 0.1) is 12.7 Å². The van der Waals surface area contributed by atoms with Gasteiger partial charge in [-0.2, -0.15) is 0 Å². The molecule has 0 unspecified atom stereocenters. The Bertz CT molecular complexity index is 646. The molecule has 0 aromatic heterocycles. The van der Waals surface area contributed by atoms with E-state index in [0.29, 0.717) is 28.7 Å². The molecule has 2 rings (SSSR count). The van der Waals surface area contributed by atoms with Crippen molar-refractivity contribution in [3.63, 3.8) is 0 Å². The van der Waals surface area contributed by atoms with Gasteiger partial charge in [-0.1, -0.05) is 24.6 Å². The average molecular weight is 309 g/mol. The Labute approximate surface area is 128 Å². The van der Waals surface area contributed by atoms with E-state index in [0.717, 1.165) is 12.0 Å². The van der Waals surface area contributed by atoms with Crippen LogP contribution in [0.25, 0.3) is 0 Å². The van der Waals surface area contributed by atoms with E-state index in [4.69, 9.17) is 22.1 Å². The predicted molar refractivity (Wildman–Crippen MR) is 86.1 cm³/mol. The van der Waals surface area contributed by atoms with E-state index in [-0.39, 0.29) is 5.75 Å². The van der Waals surface area contributed by atoms with Gasteiger partial charge in [0, 0.05) is 12.1 Å². The van der Waals surface area contributed by atoms with Crippen molar-refractivity contribution in [2.45, 2.75) is 20.3 Å². The lowest BCUT2D eigenvalue weighted by Gasteiger charge is -2.14. The number of nitrogens with one attached hydrogen (secondary N) is 1. The first kappa shape index (κ1) is 15.4. The lowest BCUT2D eigenvalue weighted by molar-refractivity contribution is 0.301. The summed E-state index contributed by atoms with van der Waals surface area (Å²) in [5, 5.41) is 3.69. The molecule has 0 amide bonds. The van der Waals surface area contributed by atoms with Gasteiger partial charge in [0.05, 0.1) is 28.7 Å². The zero-order valence-corrected chi connectivity index (χ0v) is 12.8. The van der Waals surface area contributed by atoms with Crippen LogP contribution in [0.3, 0.4) is 0 Å². The summed E-state index contributed by atoms with van der Waals surface area (Å²) in [5.74, 6) is -0.293. The van der Waals surface area contributed by atoms with Crippen LogP contribution in [0.15, 0.2) is 30.3 Å². The summed E-state index contributed by atoms with van der Waals surface area (Å²) in [7, 11) is 0. The Hall–Kier alpha value is -1.94. The summed E-state index contributed by atoms with van der Waals surface area (Å²) in [6.45, 7) is 4.37. The zero-order chi connectivity index (χ0) is 15.4. The van der Waals surface area contributed by atoms with Crippen molar-refractivity contribution in [1.29, 1.82) is 0 Å². The second kappa shape index (κ2) is 6.68. The van der Waals surface area contributed by atoms with Crippen molar-refractivity contribution in [2.24, 2.45) is 0 Å². The Morgan fingerprint density at radius 2 is 2.00 bits per heavy atom. The second-order valence-corrected chi connectivity index (χ2v) is 5.23. The number of ether oxygens (including phenoxy) is 1. The first-order chi connectivity index (χ1) is 10.0. The molecule has 21 heavy (non-hydrogen) atoms. The van der Waals surface area contributed by atoms with Gasteiger partial charge >= 0.3 is 0 Å². The molecule has 0 aliphatic carbocycles. The van der Waals surface area contributed by atoms with Crippen molar-refractivity contribution in [2.75, 3.05) is 17.7 Å². The minimum Gasteiger partial charge on any atom is -0.490 e. The van der Waals surface area contributed by atoms with E-state index < -0.39 is 5.82 Å². The topological polar surface area (TPSA) is 47.3 Å². The third kappa shape index (κ3) is 3.79. The van der Waals surface area contributed by atoms with Gasteiger partial charge in [-0.05, 0) is 31.0 Å². The Morgan fingerprint density at radius 1 is 1.24 bits per heavy atom. The van der Waals surface area contributed by atoms with Crippen LogP contribution < -0.4 is 15.8 Å².